The van der Waals surface area contributed by atoms with Gasteiger partial charge in [0.15, 0.2) is 6.29 Å². The summed E-state index contributed by atoms with van der Waals surface area (Å²) in [5.41, 5.74) is 0. The monoisotopic (exact) mass is 208 g/mol. The summed E-state index contributed by atoms with van der Waals surface area (Å²) < 4.78 is 10.8. The molecule has 0 heterocycles. The summed E-state index contributed by atoms with van der Waals surface area (Å²) in [5, 5.41) is 0. The Morgan fingerprint density at radius 1 is 1.20 bits per heavy atom. The van der Waals surface area contributed by atoms with Crippen molar-refractivity contribution in [2.24, 2.45) is 0 Å². The van der Waals surface area contributed by atoms with Crippen LogP contribution in [-0.2, 0) is 9.47 Å². The number of hydrogen-bond acceptors (Lipinski definition) is 2. The Hall–Kier alpha value is -1.04. The summed E-state index contributed by atoms with van der Waals surface area (Å²) >= 11 is 0. The normalized spacial score (nSPS) is 10.3. The number of ether oxygens (including phenoxy) is 2. The van der Waals surface area contributed by atoms with Crippen molar-refractivity contribution in [1.29, 1.82) is 0 Å². The third-order valence-corrected chi connectivity index (χ3v) is 1.66. The molecule has 0 saturated carbocycles. The summed E-state index contributed by atoms with van der Waals surface area (Å²) in [5.74, 6) is 5.59. The molecule has 0 atom stereocenters. The van der Waals surface area contributed by atoms with E-state index in [0.717, 1.165) is 12.8 Å². The van der Waals surface area contributed by atoms with E-state index in [1.54, 1.807) is 6.08 Å². The molecule has 0 aromatic rings. The van der Waals surface area contributed by atoms with Crippen molar-refractivity contribution in [3.05, 3.63) is 24.8 Å². The predicted molar refractivity (Wildman–Crippen MR) is 63.4 cm³/mol. The van der Waals surface area contributed by atoms with E-state index in [0.29, 0.717) is 13.2 Å². The van der Waals surface area contributed by atoms with Crippen LogP contribution in [-0.4, -0.2) is 19.5 Å². The molecule has 0 bridgehead atoms. The molecular formula is C13H20O2. The Labute approximate surface area is 93.0 Å². The molecule has 0 spiro atoms. The lowest BCUT2D eigenvalue weighted by molar-refractivity contribution is -0.138. The molecule has 2 heteroatoms. The first-order valence-electron chi connectivity index (χ1n) is 5.35. The van der Waals surface area contributed by atoms with E-state index in [2.05, 4.69) is 18.4 Å². The van der Waals surface area contributed by atoms with E-state index in [-0.39, 0.29) is 6.29 Å². The molecule has 0 rings (SSSR count). The fourth-order valence-electron chi connectivity index (χ4n) is 1.07. The maximum Gasteiger partial charge on any atom is 0.157 e. The van der Waals surface area contributed by atoms with Crippen molar-refractivity contribution >= 4 is 0 Å². The van der Waals surface area contributed by atoms with Gasteiger partial charge in [0.25, 0.3) is 0 Å². The van der Waals surface area contributed by atoms with Crippen LogP contribution in [0.3, 0.4) is 0 Å². The lowest BCUT2D eigenvalue weighted by Crippen LogP contribution is -2.16. The molecule has 0 aliphatic carbocycles. The van der Waals surface area contributed by atoms with Gasteiger partial charge in [-0.25, -0.2) is 0 Å². The first kappa shape index (κ1) is 14.0. The van der Waals surface area contributed by atoms with Gasteiger partial charge in [0.05, 0.1) is 0 Å². The topological polar surface area (TPSA) is 18.5 Å². The highest BCUT2D eigenvalue weighted by molar-refractivity contribution is 5.21. The zero-order valence-corrected chi connectivity index (χ0v) is 9.66. The fraction of sp³-hybridized carbons (Fsp3) is 0.538. The number of hydrogen-bond donors (Lipinski definition) is 0. The van der Waals surface area contributed by atoms with E-state index in [9.17, 15) is 0 Å². The van der Waals surface area contributed by atoms with Gasteiger partial charge in [-0.1, -0.05) is 24.5 Å². The number of rotatable bonds is 7. The van der Waals surface area contributed by atoms with Crippen LogP contribution in [0.5, 0.6) is 0 Å². The Morgan fingerprint density at radius 3 is 2.40 bits per heavy atom. The molecule has 0 fully saturated rings. The minimum absolute atomic E-state index is 0.0861. The van der Waals surface area contributed by atoms with Crippen molar-refractivity contribution in [1.82, 2.24) is 0 Å². The Kier molecular flexibility index (Phi) is 10.3. The van der Waals surface area contributed by atoms with Crippen molar-refractivity contribution < 1.29 is 9.47 Å². The van der Waals surface area contributed by atoms with Crippen LogP contribution in [0.15, 0.2) is 24.8 Å². The Morgan fingerprint density at radius 2 is 1.87 bits per heavy atom. The van der Waals surface area contributed by atoms with Crippen LogP contribution >= 0.6 is 0 Å². The van der Waals surface area contributed by atoms with E-state index in [1.807, 2.05) is 26.0 Å². The van der Waals surface area contributed by atoms with Gasteiger partial charge in [0.1, 0.15) is 0 Å². The second-order valence-corrected chi connectivity index (χ2v) is 2.81. The molecule has 0 aromatic heterocycles. The molecule has 0 aliphatic rings. The van der Waals surface area contributed by atoms with Crippen molar-refractivity contribution in [2.45, 2.75) is 33.0 Å². The third kappa shape index (κ3) is 9.27. The average molecular weight is 208 g/mol. The predicted octanol–water partition coefficient (Wildman–Crippen LogP) is 2.91. The Bertz CT molecular complexity index is 227. The summed E-state index contributed by atoms with van der Waals surface area (Å²) in [4.78, 5) is 0. The smallest absolute Gasteiger partial charge is 0.157 e. The van der Waals surface area contributed by atoms with E-state index in [1.165, 1.54) is 0 Å². The maximum atomic E-state index is 5.40. The standard InChI is InChI=1S/C13H20O2/c1-4-7-8-9-10-11-12-13(14-5-2)15-6-3/h4,9-10,13H,1,5-6,11-12H2,2-3H3/b10-9+. The van der Waals surface area contributed by atoms with Gasteiger partial charge in [-0.3, -0.25) is 0 Å². The first-order chi connectivity index (χ1) is 7.35. The molecule has 0 aliphatic heterocycles. The van der Waals surface area contributed by atoms with Crippen molar-refractivity contribution in [2.75, 3.05) is 13.2 Å². The average Bonchev–Trinajstić information content (AvgIpc) is 2.24. The lowest BCUT2D eigenvalue weighted by Gasteiger charge is -2.15. The van der Waals surface area contributed by atoms with E-state index >= 15 is 0 Å². The molecule has 0 aromatic carbocycles. The molecule has 0 unspecified atom stereocenters. The Balaban J connectivity index is 3.68. The van der Waals surface area contributed by atoms with Crippen LogP contribution in [0.1, 0.15) is 26.7 Å². The van der Waals surface area contributed by atoms with E-state index in [4.69, 9.17) is 9.47 Å². The highest BCUT2D eigenvalue weighted by Gasteiger charge is 2.05. The SMILES string of the molecule is C=CC#C/C=C/CCC(OCC)OCC. The van der Waals surface area contributed by atoms with Gasteiger partial charge in [0, 0.05) is 19.6 Å². The zero-order valence-electron chi connectivity index (χ0n) is 9.66. The van der Waals surface area contributed by atoms with Gasteiger partial charge >= 0.3 is 0 Å². The van der Waals surface area contributed by atoms with Gasteiger partial charge in [-0.2, -0.15) is 0 Å². The van der Waals surface area contributed by atoms with Crippen LogP contribution in [0.4, 0.5) is 0 Å². The minimum atomic E-state index is -0.0861. The second-order valence-electron chi connectivity index (χ2n) is 2.81. The molecule has 0 N–H and O–H groups in total. The molecule has 2 nitrogen and oxygen atoms in total. The van der Waals surface area contributed by atoms with Crippen LogP contribution in [0.2, 0.25) is 0 Å². The highest BCUT2D eigenvalue weighted by Crippen LogP contribution is 2.04. The number of allylic oxidation sites excluding steroid dienone is 3. The second kappa shape index (κ2) is 11.0. The van der Waals surface area contributed by atoms with Gasteiger partial charge in [-0.05, 0) is 32.4 Å². The van der Waals surface area contributed by atoms with Crippen molar-refractivity contribution in [3.8, 4) is 11.8 Å². The van der Waals surface area contributed by atoms with Gasteiger partial charge in [-0.15, -0.1) is 0 Å². The fourth-order valence-corrected chi connectivity index (χ4v) is 1.07. The van der Waals surface area contributed by atoms with Crippen LogP contribution < -0.4 is 0 Å². The van der Waals surface area contributed by atoms with Crippen molar-refractivity contribution in [3.63, 3.8) is 0 Å². The molecule has 0 amide bonds. The summed E-state index contributed by atoms with van der Waals surface area (Å²) in [6.07, 6.45) is 7.12. The minimum Gasteiger partial charge on any atom is -0.353 e. The lowest BCUT2D eigenvalue weighted by atomic mass is 10.3. The zero-order chi connectivity index (χ0) is 11.4. The third-order valence-electron chi connectivity index (χ3n) is 1.66. The molecule has 0 radical (unpaired) electrons. The largest absolute Gasteiger partial charge is 0.353 e. The molecule has 84 valence electrons. The quantitative estimate of drug-likeness (QED) is 0.473. The maximum absolute atomic E-state index is 5.40. The van der Waals surface area contributed by atoms with E-state index < -0.39 is 0 Å². The van der Waals surface area contributed by atoms with Gasteiger partial charge < -0.3 is 9.47 Å². The van der Waals surface area contributed by atoms with Gasteiger partial charge in [0.2, 0.25) is 0 Å². The van der Waals surface area contributed by atoms with Crippen LogP contribution in [0.25, 0.3) is 0 Å². The van der Waals surface area contributed by atoms with Crippen LogP contribution in [0, 0.1) is 11.8 Å². The first-order valence-corrected chi connectivity index (χ1v) is 5.35. The summed E-state index contributed by atoms with van der Waals surface area (Å²) in [7, 11) is 0. The highest BCUT2D eigenvalue weighted by atomic mass is 16.7. The molecular weight excluding hydrogens is 188 g/mol. The summed E-state index contributed by atoms with van der Waals surface area (Å²) in [6.45, 7) is 8.82. The molecule has 0 saturated heterocycles. The molecule has 15 heavy (non-hydrogen) atoms. The summed E-state index contributed by atoms with van der Waals surface area (Å²) in [6, 6.07) is 0.